The van der Waals surface area contributed by atoms with Gasteiger partial charge in [0.25, 0.3) is 0 Å². The smallest absolute Gasteiger partial charge is 0.320 e. The van der Waals surface area contributed by atoms with Gasteiger partial charge in [0.1, 0.15) is 11.8 Å². The van der Waals surface area contributed by atoms with Crippen LogP contribution >= 0.6 is 0 Å². The van der Waals surface area contributed by atoms with Crippen molar-refractivity contribution in [2.45, 2.75) is 38.3 Å². The predicted octanol–water partition coefficient (Wildman–Crippen LogP) is 4.13. The second kappa shape index (κ2) is 9.65. The molecule has 1 heterocycles. The van der Waals surface area contributed by atoms with Gasteiger partial charge >= 0.3 is 5.97 Å². The van der Waals surface area contributed by atoms with Gasteiger partial charge in [0, 0.05) is 0 Å². The topological polar surface area (TPSA) is 68.2 Å². The van der Waals surface area contributed by atoms with E-state index in [1.807, 2.05) is 49.4 Å². The van der Waals surface area contributed by atoms with E-state index >= 15 is 0 Å². The zero-order valence-electron chi connectivity index (χ0n) is 17.3. The normalized spacial score (nSPS) is 18.1. The average molecular weight is 399 g/mol. The molecule has 6 heteroatoms. The SMILES string of the molecule is CCOc1ccc(C(c2cccc(OC)c2)N2CCCCC2C(=O)O)cc1OC. The first-order chi connectivity index (χ1) is 14.1. The van der Waals surface area contributed by atoms with E-state index in [4.69, 9.17) is 14.2 Å². The van der Waals surface area contributed by atoms with Crippen LogP contribution in [0.5, 0.6) is 17.2 Å². The summed E-state index contributed by atoms with van der Waals surface area (Å²) in [6, 6.07) is 12.9. The van der Waals surface area contributed by atoms with Crippen molar-refractivity contribution in [3.8, 4) is 17.2 Å². The molecular formula is C23H29NO5. The minimum atomic E-state index is -0.782. The summed E-state index contributed by atoms with van der Waals surface area (Å²) in [5.74, 6) is 1.28. The van der Waals surface area contributed by atoms with Crippen LogP contribution in [0.15, 0.2) is 42.5 Å². The number of hydrogen-bond acceptors (Lipinski definition) is 5. The molecule has 6 nitrogen and oxygen atoms in total. The highest BCUT2D eigenvalue weighted by Gasteiger charge is 2.35. The summed E-state index contributed by atoms with van der Waals surface area (Å²) in [6.45, 7) is 3.19. The van der Waals surface area contributed by atoms with Gasteiger partial charge in [-0.3, -0.25) is 9.69 Å². The molecule has 3 rings (SSSR count). The summed E-state index contributed by atoms with van der Waals surface area (Å²) >= 11 is 0. The highest BCUT2D eigenvalue weighted by atomic mass is 16.5. The van der Waals surface area contributed by atoms with Gasteiger partial charge in [0.15, 0.2) is 11.5 Å². The van der Waals surface area contributed by atoms with Crippen LogP contribution in [-0.2, 0) is 4.79 Å². The maximum absolute atomic E-state index is 12.0. The summed E-state index contributed by atoms with van der Waals surface area (Å²) in [7, 11) is 3.25. The number of carboxylic acid groups (broad SMARTS) is 1. The molecule has 0 amide bonds. The van der Waals surface area contributed by atoms with Crippen molar-refractivity contribution in [1.29, 1.82) is 0 Å². The van der Waals surface area contributed by atoms with Crippen molar-refractivity contribution >= 4 is 5.97 Å². The predicted molar refractivity (Wildman–Crippen MR) is 111 cm³/mol. The van der Waals surface area contributed by atoms with E-state index in [2.05, 4.69) is 4.90 Å². The Bertz CT molecular complexity index is 838. The molecule has 0 spiro atoms. The number of ether oxygens (including phenoxy) is 3. The molecule has 0 bridgehead atoms. The molecule has 0 saturated carbocycles. The van der Waals surface area contributed by atoms with Crippen molar-refractivity contribution in [1.82, 2.24) is 4.90 Å². The van der Waals surface area contributed by atoms with Gasteiger partial charge in [-0.15, -0.1) is 0 Å². The van der Waals surface area contributed by atoms with Gasteiger partial charge in [-0.25, -0.2) is 0 Å². The fourth-order valence-corrected chi connectivity index (χ4v) is 4.04. The minimum absolute atomic E-state index is 0.226. The van der Waals surface area contributed by atoms with E-state index in [1.165, 1.54) is 0 Å². The van der Waals surface area contributed by atoms with Crippen molar-refractivity contribution in [2.24, 2.45) is 0 Å². The Morgan fingerprint density at radius 3 is 2.59 bits per heavy atom. The van der Waals surface area contributed by atoms with Crippen LogP contribution in [-0.4, -0.2) is 49.4 Å². The number of methoxy groups -OCH3 is 2. The summed E-state index contributed by atoms with van der Waals surface area (Å²) < 4.78 is 16.6. The van der Waals surface area contributed by atoms with Crippen LogP contribution in [0.4, 0.5) is 0 Å². The molecule has 2 atom stereocenters. The van der Waals surface area contributed by atoms with Crippen LogP contribution in [0.2, 0.25) is 0 Å². The van der Waals surface area contributed by atoms with E-state index in [0.29, 0.717) is 31.1 Å². The van der Waals surface area contributed by atoms with Crippen LogP contribution in [0.25, 0.3) is 0 Å². The van der Waals surface area contributed by atoms with Crippen molar-refractivity contribution in [3.63, 3.8) is 0 Å². The molecule has 2 unspecified atom stereocenters. The minimum Gasteiger partial charge on any atom is -0.497 e. The molecule has 156 valence electrons. The molecule has 1 N–H and O–H groups in total. The number of piperidine rings is 1. The third-order valence-corrected chi connectivity index (χ3v) is 5.37. The lowest BCUT2D eigenvalue weighted by Gasteiger charge is -2.39. The lowest BCUT2D eigenvalue weighted by molar-refractivity contribution is -0.145. The number of nitrogens with zero attached hydrogens (tertiary/aromatic N) is 1. The van der Waals surface area contributed by atoms with Gasteiger partial charge < -0.3 is 19.3 Å². The van der Waals surface area contributed by atoms with E-state index in [0.717, 1.165) is 29.7 Å². The van der Waals surface area contributed by atoms with E-state index in [1.54, 1.807) is 14.2 Å². The first-order valence-corrected chi connectivity index (χ1v) is 10.0. The molecule has 1 fully saturated rings. The third kappa shape index (κ3) is 4.65. The Morgan fingerprint density at radius 1 is 1.10 bits per heavy atom. The molecule has 1 aliphatic rings. The zero-order chi connectivity index (χ0) is 20.8. The number of rotatable bonds is 8. The molecule has 0 radical (unpaired) electrons. The third-order valence-electron chi connectivity index (χ3n) is 5.37. The Balaban J connectivity index is 2.11. The molecule has 29 heavy (non-hydrogen) atoms. The Labute approximate surface area is 172 Å². The summed E-state index contributed by atoms with van der Waals surface area (Å²) in [5, 5.41) is 9.86. The van der Waals surface area contributed by atoms with Crippen LogP contribution < -0.4 is 14.2 Å². The lowest BCUT2D eigenvalue weighted by Crippen LogP contribution is -2.46. The van der Waals surface area contributed by atoms with Crippen LogP contribution in [0.1, 0.15) is 43.4 Å². The molecule has 0 aliphatic carbocycles. The zero-order valence-corrected chi connectivity index (χ0v) is 17.3. The second-order valence-electron chi connectivity index (χ2n) is 7.11. The van der Waals surface area contributed by atoms with Gasteiger partial charge in [0.2, 0.25) is 0 Å². The van der Waals surface area contributed by atoms with E-state index in [9.17, 15) is 9.90 Å². The number of carboxylic acids is 1. The molecule has 2 aromatic carbocycles. The first kappa shape index (κ1) is 21.0. The van der Waals surface area contributed by atoms with Gasteiger partial charge in [-0.1, -0.05) is 24.6 Å². The van der Waals surface area contributed by atoms with E-state index in [-0.39, 0.29) is 6.04 Å². The summed E-state index contributed by atoms with van der Waals surface area (Å²) in [6.07, 6.45) is 2.53. The Hall–Kier alpha value is -2.73. The highest BCUT2D eigenvalue weighted by molar-refractivity contribution is 5.73. The van der Waals surface area contributed by atoms with Gasteiger partial charge in [0.05, 0.1) is 26.9 Å². The average Bonchev–Trinajstić information content (AvgIpc) is 2.75. The van der Waals surface area contributed by atoms with Crippen molar-refractivity contribution < 1.29 is 24.1 Å². The number of benzene rings is 2. The van der Waals surface area contributed by atoms with Crippen molar-refractivity contribution in [3.05, 3.63) is 53.6 Å². The quantitative estimate of drug-likeness (QED) is 0.720. The number of carbonyl (C=O) groups is 1. The second-order valence-corrected chi connectivity index (χ2v) is 7.11. The molecule has 1 aliphatic heterocycles. The van der Waals surface area contributed by atoms with Crippen LogP contribution in [0, 0.1) is 0 Å². The number of hydrogen-bond donors (Lipinski definition) is 1. The maximum atomic E-state index is 12.0. The first-order valence-electron chi connectivity index (χ1n) is 10.0. The molecular weight excluding hydrogens is 370 g/mol. The fraction of sp³-hybridized carbons (Fsp3) is 0.435. The van der Waals surface area contributed by atoms with Crippen LogP contribution in [0.3, 0.4) is 0 Å². The maximum Gasteiger partial charge on any atom is 0.320 e. The standard InChI is InChI=1S/C23H29NO5/c1-4-29-20-12-11-17(15-21(20)28-3)22(16-8-7-9-18(14-16)27-2)24-13-6-5-10-19(24)23(25)26/h7-9,11-12,14-15,19,22H,4-6,10,13H2,1-3H3,(H,25,26). The van der Waals surface area contributed by atoms with Gasteiger partial charge in [-0.2, -0.15) is 0 Å². The Morgan fingerprint density at radius 2 is 1.90 bits per heavy atom. The molecule has 2 aromatic rings. The number of aliphatic carboxylic acids is 1. The molecule has 1 saturated heterocycles. The molecule has 0 aromatic heterocycles. The fourth-order valence-electron chi connectivity index (χ4n) is 4.04. The lowest BCUT2D eigenvalue weighted by atomic mass is 9.91. The monoisotopic (exact) mass is 399 g/mol. The number of likely N-dealkylation sites (tertiary alicyclic amines) is 1. The summed E-state index contributed by atoms with van der Waals surface area (Å²) in [4.78, 5) is 14.1. The van der Waals surface area contributed by atoms with Gasteiger partial charge in [-0.05, 0) is 61.7 Å². The largest absolute Gasteiger partial charge is 0.497 e. The highest BCUT2D eigenvalue weighted by Crippen LogP contribution is 2.39. The van der Waals surface area contributed by atoms with E-state index < -0.39 is 12.0 Å². The summed E-state index contributed by atoms with van der Waals surface area (Å²) in [5.41, 5.74) is 1.95. The van der Waals surface area contributed by atoms with Crippen molar-refractivity contribution in [2.75, 3.05) is 27.4 Å². The Kier molecular flexibility index (Phi) is 6.99.